The van der Waals surface area contributed by atoms with Gasteiger partial charge in [0.05, 0.1) is 0 Å². The van der Waals surface area contributed by atoms with Crippen molar-refractivity contribution in [1.82, 2.24) is 0 Å². The van der Waals surface area contributed by atoms with Crippen molar-refractivity contribution >= 4 is 0 Å². The Bertz CT molecular complexity index is 802. The van der Waals surface area contributed by atoms with Gasteiger partial charge < -0.3 is 0 Å². The summed E-state index contributed by atoms with van der Waals surface area (Å²) in [6.07, 6.45) is 15.8. The first kappa shape index (κ1) is 19.2. The van der Waals surface area contributed by atoms with Crippen molar-refractivity contribution in [3.05, 3.63) is 84.5 Å². The Morgan fingerprint density at radius 3 is 2.29 bits per heavy atom. The van der Waals surface area contributed by atoms with E-state index >= 15 is 0 Å². The van der Waals surface area contributed by atoms with Gasteiger partial charge in [0.25, 0.3) is 0 Å². The van der Waals surface area contributed by atoms with E-state index in [1.54, 1.807) is 0 Å². The molecule has 0 aliphatic heterocycles. The van der Waals surface area contributed by atoms with Crippen LogP contribution in [0.15, 0.2) is 67.8 Å². The van der Waals surface area contributed by atoms with Crippen LogP contribution in [0, 0.1) is 11.8 Å². The Kier molecular flexibility index (Phi) is 6.15. The molecule has 1 fully saturated rings. The quantitative estimate of drug-likeness (QED) is 0.454. The summed E-state index contributed by atoms with van der Waals surface area (Å²) >= 11 is 0. The Morgan fingerprint density at radius 2 is 1.57 bits per heavy atom. The first-order valence-corrected chi connectivity index (χ1v) is 11.2. The summed E-state index contributed by atoms with van der Waals surface area (Å²) in [5.74, 6) is 2.34. The lowest BCUT2D eigenvalue weighted by molar-refractivity contribution is 0.312. The first-order chi connectivity index (χ1) is 13.8. The van der Waals surface area contributed by atoms with Gasteiger partial charge in [0, 0.05) is 0 Å². The van der Waals surface area contributed by atoms with Crippen molar-refractivity contribution in [3.63, 3.8) is 0 Å². The van der Waals surface area contributed by atoms with E-state index in [2.05, 4.69) is 67.8 Å². The second-order valence-corrected chi connectivity index (χ2v) is 8.93. The molecule has 28 heavy (non-hydrogen) atoms. The van der Waals surface area contributed by atoms with Crippen molar-refractivity contribution in [3.8, 4) is 11.1 Å². The van der Waals surface area contributed by atoms with Gasteiger partial charge in [-0.2, -0.15) is 0 Å². The Balaban J connectivity index is 1.41. The van der Waals surface area contributed by atoms with E-state index in [1.807, 2.05) is 0 Å². The zero-order chi connectivity index (χ0) is 19.3. The molecule has 4 rings (SSSR count). The fraction of sp³-hybridized carbons (Fsp3) is 0.429. The van der Waals surface area contributed by atoms with Gasteiger partial charge in [0.1, 0.15) is 0 Å². The van der Waals surface area contributed by atoms with Crippen molar-refractivity contribution in [2.24, 2.45) is 11.8 Å². The minimum absolute atomic E-state index is 0.657. The van der Waals surface area contributed by atoms with Gasteiger partial charge in [-0.15, -0.1) is 13.2 Å². The topological polar surface area (TPSA) is 0 Å². The molecule has 1 unspecified atom stereocenters. The summed E-state index contributed by atoms with van der Waals surface area (Å²) in [5.41, 5.74) is 7.33. The molecular weight excluding hydrogens is 336 g/mol. The summed E-state index contributed by atoms with van der Waals surface area (Å²) in [7, 11) is 0. The van der Waals surface area contributed by atoms with Crippen LogP contribution in [0.5, 0.6) is 0 Å². The molecule has 0 aromatic heterocycles. The lowest BCUT2D eigenvalue weighted by atomic mass is 9.77. The number of aryl methyl sites for hydroxylation is 1. The highest BCUT2D eigenvalue weighted by atomic mass is 14.3. The van der Waals surface area contributed by atoms with E-state index in [0.29, 0.717) is 5.92 Å². The van der Waals surface area contributed by atoms with E-state index in [1.165, 1.54) is 79.2 Å². The lowest BCUT2D eigenvalue weighted by Crippen LogP contribution is -2.13. The fourth-order valence-electron chi connectivity index (χ4n) is 5.25. The molecule has 0 N–H and O–H groups in total. The minimum Gasteiger partial charge on any atom is -0.103 e. The molecular formula is C28H34. The van der Waals surface area contributed by atoms with Gasteiger partial charge in [-0.05, 0) is 103 Å². The number of rotatable bonds is 6. The molecule has 2 aromatic carbocycles. The van der Waals surface area contributed by atoms with Crippen molar-refractivity contribution < 1.29 is 0 Å². The Hall–Kier alpha value is -2.08. The second kappa shape index (κ2) is 8.95. The molecule has 2 aromatic rings. The Morgan fingerprint density at radius 1 is 0.821 bits per heavy atom. The molecule has 0 heteroatoms. The van der Waals surface area contributed by atoms with Crippen LogP contribution in [-0.2, 0) is 12.8 Å². The zero-order valence-electron chi connectivity index (χ0n) is 17.2. The van der Waals surface area contributed by atoms with Crippen LogP contribution >= 0.6 is 0 Å². The molecule has 0 saturated heterocycles. The van der Waals surface area contributed by atoms with Gasteiger partial charge in [0.15, 0.2) is 0 Å². The molecule has 146 valence electrons. The molecule has 2 aliphatic carbocycles. The van der Waals surface area contributed by atoms with E-state index < -0.39 is 0 Å². The van der Waals surface area contributed by atoms with Crippen molar-refractivity contribution in [2.45, 2.75) is 63.7 Å². The normalized spacial score (nSPS) is 24.4. The highest BCUT2D eigenvalue weighted by Gasteiger charge is 2.22. The van der Waals surface area contributed by atoms with Crippen LogP contribution in [0.3, 0.4) is 0 Å². The standard InChI is InChI=1S/C28H34/c1-3-5-6-22-8-10-23(11-9-22)24-13-15-25(16-14-24)27-18-17-26-19-21(4-2)7-12-28(26)20-27/h3-4,13-18,20-23H,1-2,5-12,19H2. The first-order valence-electron chi connectivity index (χ1n) is 11.2. The third-order valence-corrected chi connectivity index (χ3v) is 7.15. The van der Waals surface area contributed by atoms with Gasteiger partial charge in [-0.25, -0.2) is 0 Å². The molecule has 2 aliphatic rings. The maximum absolute atomic E-state index is 3.98. The number of benzene rings is 2. The van der Waals surface area contributed by atoms with Gasteiger partial charge in [-0.3, -0.25) is 0 Å². The van der Waals surface area contributed by atoms with Crippen LogP contribution in [0.1, 0.15) is 67.6 Å². The summed E-state index contributed by atoms with van der Waals surface area (Å²) in [6, 6.07) is 16.5. The van der Waals surface area contributed by atoms with Crippen LogP contribution in [0.25, 0.3) is 11.1 Å². The van der Waals surface area contributed by atoms with E-state index in [-0.39, 0.29) is 0 Å². The van der Waals surface area contributed by atoms with E-state index in [4.69, 9.17) is 0 Å². The average Bonchev–Trinajstić information content (AvgIpc) is 2.77. The Labute approximate surface area is 171 Å². The van der Waals surface area contributed by atoms with Crippen molar-refractivity contribution in [1.29, 1.82) is 0 Å². The molecule has 0 heterocycles. The fourth-order valence-corrected chi connectivity index (χ4v) is 5.25. The molecule has 0 bridgehead atoms. The predicted octanol–water partition coefficient (Wildman–Crippen LogP) is 7.88. The van der Waals surface area contributed by atoms with Gasteiger partial charge in [-0.1, -0.05) is 54.6 Å². The monoisotopic (exact) mass is 370 g/mol. The van der Waals surface area contributed by atoms with Crippen LogP contribution in [0.4, 0.5) is 0 Å². The highest BCUT2D eigenvalue weighted by molar-refractivity contribution is 5.65. The third-order valence-electron chi connectivity index (χ3n) is 7.15. The molecule has 0 amide bonds. The van der Waals surface area contributed by atoms with Crippen molar-refractivity contribution in [2.75, 3.05) is 0 Å². The molecule has 0 nitrogen and oxygen atoms in total. The predicted molar refractivity (Wildman–Crippen MR) is 122 cm³/mol. The number of hydrogen-bond acceptors (Lipinski definition) is 0. The van der Waals surface area contributed by atoms with E-state index in [9.17, 15) is 0 Å². The minimum atomic E-state index is 0.657. The zero-order valence-corrected chi connectivity index (χ0v) is 17.2. The molecule has 1 atom stereocenters. The summed E-state index contributed by atoms with van der Waals surface area (Å²) < 4.78 is 0. The summed E-state index contributed by atoms with van der Waals surface area (Å²) in [5, 5.41) is 0. The highest BCUT2D eigenvalue weighted by Crippen LogP contribution is 2.38. The molecule has 0 spiro atoms. The second-order valence-electron chi connectivity index (χ2n) is 8.93. The SMILES string of the molecule is C=CCCC1CCC(c2ccc(-c3ccc4c(c3)CCC(C=C)C4)cc2)CC1. The van der Waals surface area contributed by atoms with Crippen LogP contribution in [0.2, 0.25) is 0 Å². The summed E-state index contributed by atoms with van der Waals surface area (Å²) in [4.78, 5) is 0. The third kappa shape index (κ3) is 4.32. The summed E-state index contributed by atoms with van der Waals surface area (Å²) in [6.45, 7) is 7.85. The largest absolute Gasteiger partial charge is 0.103 e. The molecule has 0 radical (unpaired) electrons. The number of hydrogen-bond donors (Lipinski definition) is 0. The van der Waals surface area contributed by atoms with E-state index in [0.717, 1.165) is 18.3 Å². The van der Waals surface area contributed by atoms with Gasteiger partial charge >= 0.3 is 0 Å². The number of fused-ring (bicyclic) bond motifs is 1. The van der Waals surface area contributed by atoms with Crippen LogP contribution < -0.4 is 0 Å². The van der Waals surface area contributed by atoms with Gasteiger partial charge in [0.2, 0.25) is 0 Å². The lowest BCUT2D eigenvalue weighted by Gasteiger charge is -2.28. The average molecular weight is 371 g/mol. The van der Waals surface area contributed by atoms with Crippen LogP contribution in [-0.4, -0.2) is 0 Å². The smallest absolute Gasteiger partial charge is 0.0162 e. The maximum atomic E-state index is 3.98. The maximum Gasteiger partial charge on any atom is -0.0162 e. The number of allylic oxidation sites excluding steroid dienone is 2. The molecule has 1 saturated carbocycles.